The maximum absolute atomic E-state index is 12.8. The van der Waals surface area contributed by atoms with E-state index in [1.54, 1.807) is 0 Å². The summed E-state index contributed by atoms with van der Waals surface area (Å²) in [5.74, 6) is -0.955. The summed E-state index contributed by atoms with van der Waals surface area (Å²) in [6.45, 7) is 6.36. The van der Waals surface area contributed by atoms with Gasteiger partial charge in [-0.15, -0.1) is 0 Å². The molecule has 0 amide bonds. The van der Waals surface area contributed by atoms with Crippen molar-refractivity contribution in [2.45, 2.75) is 239 Å². The molecule has 0 rings (SSSR count). The lowest BCUT2D eigenvalue weighted by Crippen LogP contribution is -2.30. The van der Waals surface area contributed by atoms with Crippen molar-refractivity contribution in [3.05, 3.63) is 85.1 Å². The fourth-order valence-electron chi connectivity index (χ4n) is 6.84. The molecule has 0 aromatic heterocycles. The molecule has 6 heteroatoms. The van der Waals surface area contributed by atoms with Crippen LogP contribution in [0.4, 0.5) is 0 Å². The molecule has 0 saturated carbocycles. The van der Waals surface area contributed by atoms with E-state index in [2.05, 4.69) is 106 Å². The molecule has 0 spiro atoms. The van der Waals surface area contributed by atoms with Crippen LogP contribution in [0, 0.1) is 0 Å². The van der Waals surface area contributed by atoms with Crippen molar-refractivity contribution in [1.29, 1.82) is 0 Å². The van der Waals surface area contributed by atoms with E-state index in [1.807, 2.05) is 0 Å². The number of carbonyl (C=O) groups excluding carboxylic acids is 3. The molecule has 0 aromatic carbocycles. The van der Waals surface area contributed by atoms with E-state index < -0.39 is 6.10 Å². The molecular formula is C56H94O6. The molecule has 0 N–H and O–H groups in total. The third kappa shape index (κ3) is 47.6. The topological polar surface area (TPSA) is 78.9 Å². The number of hydrogen-bond donors (Lipinski definition) is 0. The Kier molecular flexibility index (Phi) is 47.5. The van der Waals surface area contributed by atoms with Gasteiger partial charge in [0.15, 0.2) is 6.10 Å². The summed E-state index contributed by atoms with van der Waals surface area (Å²) in [6, 6.07) is 0. The van der Waals surface area contributed by atoms with Gasteiger partial charge in [-0.2, -0.15) is 0 Å². The Bertz CT molecular complexity index is 1220. The highest BCUT2D eigenvalue weighted by Gasteiger charge is 2.19. The third-order valence-corrected chi connectivity index (χ3v) is 10.6. The molecule has 0 bridgehead atoms. The second-order valence-electron chi connectivity index (χ2n) is 16.7. The van der Waals surface area contributed by atoms with E-state index in [-0.39, 0.29) is 37.5 Å². The van der Waals surface area contributed by atoms with Gasteiger partial charge in [-0.1, -0.05) is 196 Å². The van der Waals surface area contributed by atoms with Crippen LogP contribution in [-0.2, 0) is 28.6 Å². The van der Waals surface area contributed by atoms with Gasteiger partial charge < -0.3 is 14.2 Å². The van der Waals surface area contributed by atoms with Gasteiger partial charge in [-0.25, -0.2) is 0 Å². The van der Waals surface area contributed by atoms with Crippen molar-refractivity contribution in [2.24, 2.45) is 0 Å². The summed E-state index contributed by atoms with van der Waals surface area (Å²) < 4.78 is 16.7. The Morgan fingerprint density at radius 3 is 1.10 bits per heavy atom. The van der Waals surface area contributed by atoms with Crippen molar-refractivity contribution in [1.82, 2.24) is 0 Å². The van der Waals surface area contributed by atoms with Gasteiger partial charge in [0.1, 0.15) is 13.2 Å². The minimum Gasteiger partial charge on any atom is -0.462 e. The molecule has 0 aliphatic heterocycles. The zero-order valence-electron chi connectivity index (χ0n) is 40.4. The van der Waals surface area contributed by atoms with Crippen LogP contribution in [0.3, 0.4) is 0 Å². The number of esters is 3. The van der Waals surface area contributed by atoms with Gasteiger partial charge in [0.25, 0.3) is 0 Å². The predicted octanol–water partition coefficient (Wildman–Crippen LogP) is 16.8. The second-order valence-corrected chi connectivity index (χ2v) is 16.7. The fraction of sp³-hybridized carbons (Fsp3) is 0.696. The normalized spacial score (nSPS) is 12.8. The molecule has 0 radical (unpaired) electrons. The van der Waals surface area contributed by atoms with Crippen molar-refractivity contribution in [3.8, 4) is 0 Å². The second kappa shape index (κ2) is 50.2. The summed E-state index contributed by atoms with van der Waals surface area (Å²) in [5, 5.41) is 0. The number of allylic oxidation sites excluding steroid dienone is 14. The van der Waals surface area contributed by atoms with Gasteiger partial charge in [0, 0.05) is 19.3 Å². The highest BCUT2D eigenvalue weighted by Crippen LogP contribution is 2.13. The number of unbranched alkanes of at least 4 members (excludes halogenated alkanes) is 21. The van der Waals surface area contributed by atoms with Crippen LogP contribution in [0.15, 0.2) is 85.1 Å². The fourth-order valence-corrected chi connectivity index (χ4v) is 6.84. The lowest BCUT2D eigenvalue weighted by atomic mass is 10.1. The monoisotopic (exact) mass is 863 g/mol. The van der Waals surface area contributed by atoms with Crippen LogP contribution >= 0.6 is 0 Å². The van der Waals surface area contributed by atoms with Crippen molar-refractivity contribution >= 4 is 17.9 Å². The smallest absolute Gasteiger partial charge is 0.306 e. The van der Waals surface area contributed by atoms with E-state index in [9.17, 15) is 14.4 Å². The minimum absolute atomic E-state index is 0.0995. The first kappa shape index (κ1) is 58.6. The van der Waals surface area contributed by atoms with E-state index in [0.29, 0.717) is 12.8 Å². The third-order valence-electron chi connectivity index (χ3n) is 10.6. The molecule has 0 heterocycles. The van der Waals surface area contributed by atoms with Crippen LogP contribution in [0.1, 0.15) is 233 Å². The maximum Gasteiger partial charge on any atom is 0.306 e. The Balaban J connectivity index is 4.46. The predicted molar refractivity (Wildman–Crippen MR) is 265 cm³/mol. The molecular weight excluding hydrogens is 769 g/mol. The molecule has 0 aliphatic rings. The number of ether oxygens (including phenoxy) is 3. The molecule has 0 saturated heterocycles. The number of hydrogen-bond acceptors (Lipinski definition) is 6. The zero-order valence-corrected chi connectivity index (χ0v) is 40.4. The molecule has 6 nitrogen and oxygen atoms in total. The van der Waals surface area contributed by atoms with Crippen molar-refractivity contribution in [3.63, 3.8) is 0 Å². The van der Waals surface area contributed by atoms with Gasteiger partial charge in [-0.05, 0) is 103 Å². The van der Waals surface area contributed by atoms with Crippen molar-refractivity contribution < 1.29 is 28.6 Å². The van der Waals surface area contributed by atoms with Crippen molar-refractivity contribution in [2.75, 3.05) is 13.2 Å². The summed E-state index contributed by atoms with van der Waals surface area (Å²) in [5.41, 5.74) is 0. The van der Waals surface area contributed by atoms with Gasteiger partial charge in [0.05, 0.1) is 0 Å². The molecule has 1 unspecified atom stereocenters. The Hall–Kier alpha value is -3.41. The summed E-state index contributed by atoms with van der Waals surface area (Å²) in [4.78, 5) is 37.9. The van der Waals surface area contributed by atoms with E-state index >= 15 is 0 Å². The molecule has 1 atom stereocenters. The van der Waals surface area contributed by atoms with Crippen LogP contribution in [0.2, 0.25) is 0 Å². The van der Waals surface area contributed by atoms with E-state index in [1.165, 1.54) is 64.2 Å². The van der Waals surface area contributed by atoms with Crippen LogP contribution in [0.5, 0.6) is 0 Å². The molecule has 0 fully saturated rings. The first-order valence-electron chi connectivity index (χ1n) is 25.6. The lowest BCUT2D eigenvalue weighted by Gasteiger charge is -2.18. The van der Waals surface area contributed by atoms with Gasteiger partial charge in [-0.3, -0.25) is 14.4 Å². The first-order chi connectivity index (χ1) is 30.5. The SMILES string of the molecule is CC/C=C\C/C=C\C/C=C\CCCCCCCCC(=O)OCC(COC(=O)CCCCCCC/C=C\C/C=C\CC)OC(=O)CCCCC/C=C\C=C/CCCCCCCCC. The highest BCUT2D eigenvalue weighted by molar-refractivity contribution is 5.71. The van der Waals surface area contributed by atoms with Gasteiger partial charge >= 0.3 is 17.9 Å². The summed E-state index contributed by atoms with van der Waals surface area (Å²) in [7, 11) is 0. The minimum atomic E-state index is -0.801. The summed E-state index contributed by atoms with van der Waals surface area (Å²) in [6.07, 6.45) is 64.2. The Labute approximate surface area is 382 Å². The quantitative estimate of drug-likeness (QED) is 0.0199. The number of rotatable bonds is 45. The lowest BCUT2D eigenvalue weighted by molar-refractivity contribution is -0.167. The molecule has 62 heavy (non-hydrogen) atoms. The highest BCUT2D eigenvalue weighted by atomic mass is 16.6. The Morgan fingerprint density at radius 2 is 0.677 bits per heavy atom. The van der Waals surface area contributed by atoms with Crippen LogP contribution in [0.25, 0.3) is 0 Å². The zero-order chi connectivity index (χ0) is 45.1. The van der Waals surface area contributed by atoms with E-state index in [4.69, 9.17) is 14.2 Å². The summed E-state index contributed by atoms with van der Waals surface area (Å²) >= 11 is 0. The van der Waals surface area contributed by atoms with Crippen LogP contribution < -0.4 is 0 Å². The molecule has 0 aromatic rings. The molecule has 0 aliphatic carbocycles. The molecule has 354 valence electrons. The largest absolute Gasteiger partial charge is 0.462 e. The first-order valence-corrected chi connectivity index (χ1v) is 25.6. The average molecular weight is 863 g/mol. The Morgan fingerprint density at radius 1 is 0.355 bits per heavy atom. The van der Waals surface area contributed by atoms with Gasteiger partial charge in [0.2, 0.25) is 0 Å². The standard InChI is InChI=1S/C56H94O6/c1-4-7-10-13-16-19-22-25-27-29-31-34-37-40-43-46-49-55(58)61-52-53(51-60-54(57)48-45-42-39-36-33-24-21-18-15-12-9-6-3)62-56(59)50-47-44-41-38-35-32-30-28-26-23-20-17-14-11-8-5-2/h7,9-10,12,16,18-19,21,25,27-28,30,32,35,53H,4-6,8,11,13-15,17,20,22-24,26,29,31,33-34,36-52H2,1-3H3/b10-7-,12-9-,19-16-,21-18-,27-25-,30-28-,35-32-. The maximum atomic E-state index is 12.8. The van der Waals surface area contributed by atoms with Crippen LogP contribution in [-0.4, -0.2) is 37.2 Å². The number of carbonyl (C=O) groups is 3. The van der Waals surface area contributed by atoms with E-state index in [0.717, 1.165) is 128 Å². The average Bonchev–Trinajstić information content (AvgIpc) is 3.27.